The van der Waals surface area contributed by atoms with E-state index in [0.29, 0.717) is 0 Å². The third kappa shape index (κ3) is 4.36. The molecule has 0 amide bonds. The molecule has 0 aromatic heterocycles. The molecule has 2 N–H and O–H groups in total. The summed E-state index contributed by atoms with van der Waals surface area (Å²) in [6.45, 7) is 2.68. The van der Waals surface area contributed by atoms with Gasteiger partial charge in [0.05, 0.1) is 0 Å². The van der Waals surface area contributed by atoms with E-state index in [-0.39, 0.29) is 0 Å². The van der Waals surface area contributed by atoms with Crippen LogP contribution in [0, 0.1) is 0 Å². The van der Waals surface area contributed by atoms with Crippen molar-refractivity contribution < 1.29 is 0 Å². The van der Waals surface area contributed by atoms with Crippen molar-refractivity contribution in [3.05, 3.63) is 10.6 Å². The summed E-state index contributed by atoms with van der Waals surface area (Å²) < 4.78 is 0. The van der Waals surface area contributed by atoms with Gasteiger partial charge in [-0.2, -0.15) is 0 Å². The zero-order valence-corrected chi connectivity index (χ0v) is 7.07. The molecule has 0 radical (unpaired) electrons. The lowest BCUT2D eigenvalue weighted by Gasteiger charge is -2.09. The molecule has 0 aliphatic carbocycles. The van der Waals surface area contributed by atoms with E-state index in [9.17, 15) is 0 Å². The van der Waals surface area contributed by atoms with E-state index in [2.05, 4.69) is 12.6 Å². The van der Waals surface area contributed by atoms with Gasteiger partial charge in [0.25, 0.3) is 0 Å². The first-order valence-corrected chi connectivity index (χ1v) is 3.27. The quantitative estimate of drug-likeness (QED) is 0.561. The second kappa shape index (κ2) is 3.80. The smallest absolute Gasteiger partial charge is 0.0301 e. The molecular formula is C6H14N2S. The van der Waals surface area contributed by atoms with Crippen molar-refractivity contribution in [2.24, 2.45) is 5.73 Å². The number of likely N-dealkylation sites (N-methyl/N-ethyl adjacent to an activating group) is 1. The van der Waals surface area contributed by atoms with Crippen molar-refractivity contribution in [1.29, 1.82) is 0 Å². The van der Waals surface area contributed by atoms with Gasteiger partial charge in [0.2, 0.25) is 0 Å². The summed E-state index contributed by atoms with van der Waals surface area (Å²) in [7, 11) is 3.97. The lowest BCUT2D eigenvalue weighted by Crippen LogP contribution is -2.15. The van der Waals surface area contributed by atoms with Crippen molar-refractivity contribution in [3.8, 4) is 0 Å². The second-order valence-corrected chi connectivity index (χ2v) is 2.91. The predicted octanol–water partition coefficient (Wildman–Crippen LogP) is 0.668. The molecule has 9 heavy (non-hydrogen) atoms. The molecule has 0 aliphatic rings. The highest BCUT2D eigenvalue weighted by Crippen LogP contribution is 2.03. The highest BCUT2D eigenvalue weighted by atomic mass is 32.1. The van der Waals surface area contributed by atoms with Crippen LogP contribution in [-0.2, 0) is 0 Å². The first kappa shape index (κ1) is 8.85. The summed E-state index contributed by atoms with van der Waals surface area (Å²) in [4.78, 5) is 2.97. The minimum absolute atomic E-state index is 0.798. The standard InChI is InChI=1S/C6H14N2S/c1-5(7)6(9)4-8(2)3/h9H,4,7H2,1-3H3/b6-5-. The number of hydrogen-bond acceptors (Lipinski definition) is 3. The van der Waals surface area contributed by atoms with E-state index >= 15 is 0 Å². The van der Waals surface area contributed by atoms with Crippen LogP contribution in [0.3, 0.4) is 0 Å². The Labute approximate surface area is 62.1 Å². The van der Waals surface area contributed by atoms with Crippen LogP contribution in [0.5, 0.6) is 0 Å². The van der Waals surface area contributed by atoms with Gasteiger partial charge in [0.1, 0.15) is 0 Å². The van der Waals surface area contributed by atoms with Gasteiger partial charge >= 0.3 is 0 Å². The van der Waals surface area contributed by atoms with Crippen LogP contribution >= 0.6 is 12.6 Å². The average Bonchev–Trinajstić information content (AvgIpc) is 1.63. The van der Waals surface area contributed by atoms with Crippen molar-refractivity contribution in [3.63, 3.8) is 0 Å². The lowest BCUT2D eigenvalue weighted by atomic mass is 10.4. The molecular weight excluding hydrogens is 132 g/mol. The maximum atomic E-state index is 5.46. The molecule has 0 saturated heterocycles. The van der Waals surface area contributed by atoms with Crippen LogP contribution in [0.2, 0.25) is 0 Å². The van der Waals surface area contributed by atoms with Gasteiger partial charge in [-0.05, 0) is 21.0 Å². The van der Waals surface area contributed by atoms with E-state index < -0.39 is 0 Å². The van der Waals surface area contributed by atoms with Crippen molar-refractivity contribution >= 4 is 12.6 Å². The second-order valence-electron chi connectivity index (χ2n) is 2.37. The van der Waals surface area contributed by atoms with Gasteiger partial charge < -0.3 is 10.6 Å². The van der Waals surface area contributed by atoms with E-state index in [1.165, 1.54) is 0 Å². The van der Waals surface area contributed by atoms with E-state index in [1.54, 1.807) is 0 Å². The summed E-state index contributed by atoms with van der Waals surface area (Å²) >= 11 is 4.18. The largest absolute Gasteiger partial charge is 0.402 e. The molecule has 2 nitrogen and oxygen atoms in total. The van der Waals surface area contributed by atoms with Crippen molar-refractivity contribution in [2.75, 3.05) is 20.6 Å². The molecule has 0 aliphatic heterocycles. The molecule has 0 heterocycles. The topological polar surface area (TPSA) is 29.3 Å². The first-order valence-electron chi connectivity index (χ1n) is 2.83. The number of allylic oxidation sites excluding steroid dienone is 1. The number of nitrogens with zero attached hydrogens (tertiary/aromatic N) is 1. The van der Waals surface area contributed by atoms with Crippen LogP contribution in [0.25, 0.3) is 0 Å². The minimum Gasteiger partial charge on any atom is -0.402 e. The van der Waals surface area contributed by atoms with E-state index in [0.717, 1.165) is 17.1 Å². The average molecular weight is 146 g/mol. The lowest BCUT2D eigenvalue weighted by molar-refractivity contribution is 0.452. The Morgan fingerprint density at radius 1 is 1.56 bits per heavy atom. The molecule has 0 unspecified atom stereocenters. The summed E-state index contributed by atoms with van der Waals surface area (Å²) in [5.41, 5.74) is 6.26. The van der Waals surface area contributed by atoms with Gasteiger partial charge in [-0.3, -0.25) is 0 Å². The predicted molar refractivity (Wildman–Crippen MR) is 44.4 cm³/mol. The van der Waals surface area contributed by atoms with Gasteiger partial charge in [0.15, 0.2) is 0 Å². The Kier molecular flexibility index (Phi) is 3.73. The molecule has 3 heteroatoms. The molecule has 0 aromatic carbocycles. The highest BCUT2D eigenvalue weighted by Gasteiger charge is 1.94. The van der Waals surface area contributed by atoms with Crippen molar-refractivity contribution in [1.82, 2.24) is 4.90 Å². The van der Waals surface area contributed by atoms with Crippen LogP contribution in [0.15, 0.2) is 10.6 Å². The van der Waals surface area contributed by atoms with Crippen LogP contribution < -0.4 is 5.73 Å². The first-order chi connectivity index (χ1) is 4.04. The molecule has 0 saturated carbocycles. The number of thiol groups is 1. The number of rotatable bonds is 2. The monoisotopic (exact) mass is 146 g/mol. The third-order valence-electron chi connectivity index (χ3n) is 0.921. The zero-order valence-electron chi connectivity index (χ0n) is 6.18. The molecule has 0 rings (SSSR count). The molecule has 0 atom stereocenters. The third-order valence-corrected chi connectivity index (χ3v) is 1.42. The minimum atomic E-state index is 0.798. The Morgan fingerprint density at radius 3 is 2.11 bits per heavy atom. The fourth-order valence-electron chi connectivity index (χ4n) is 0.424. The molecule has 54 valence electrons. The van der Waals surface area contributed by atoms with E-state index in [4.69, 9.17) is 5.73 Å². The van der Waals surface area contributed by atoms with Crippen LogP contribution in [-0.4, -0.2) is 25.5 Å². The highest BCUT2D eigenvalue weighted by molar-refractivity contribution is 7.84. The SMILES string of the molecule is C/C(N)=C(/S)CN(C)C. The zero-order chi connectivity index (χ0) is 7.44. The molecule has 0 spiro atoms. The van der Waals surface area contributed by atoms with Gasteiger partial charge in [-0.1, -0.05) is 0 Å². The van der Waals surface area contributed by atoms with Crippen molar-refractivity contribution in [2.45, 2.75) is 6.92 Å². The molecule has 0 fully saturated rings. The van der Waals surface area contributed by atoms with E-state index in [1.807, 2.05) is 25.9 Å². The van der Waals surface area contributed by atoms with Gasteiger partial charge in [-0.15, -0.1) is 12.6 Å². The Bertz CT molecular complexity index is 114. The Balaban J connectivity index is 3.77. The summed E-state index contributed by atoms with van der Waals surface area (Å²) in [5, 5.41) is 0. The molecule has 0 bridgehead atoms. The maximum absolute atomic E-state index is 5.46. The number of nitrogens with two attached hydrogens (primary N) is 1. The summed E-state index contributed by atoms with van der Waals surface area (Å²) in [6, 6.07) is 0. The fourth-order valence-corrected chi connectivity index (χ4v) is 0.707. The summed E-state index contributed by atoms with van der Waals surface area (Å²) in [5.74, 6) is 0. The Morgan fingerprint density at radius 2 is 2.00 bits per heavy atom. The van der Waals surface area contributed by atoms with Gasteiger partial charge in [-0.25, -0.2) is 0 Å². The van der Waals surface area contributed by atoms with Crippen LogP contribution in [0.1, 0.15) is 6.92 Å². The normalized spacial score (nSPS) is 13.9. The number of hydrogen-bond donors (Lipinski definition) is 2. The summed E-state index contributed by atoms with van der Waals surface area (Å²) in [6.07, 6.45) is 0. The molecule has 0 aromatic rings. The maximum Gasteiger partial charge on any atom is 0.0301 e. The Hall–Kier alpha value is -0.150. The van der Waals surface area contributed by atoms with Crippen LogP contribution in [0.4, 0.5) is 0 Å². The van der Waals surface area contributed by atoms with Gasteiger partial charge in [0, 0.05) is 17.1 Å². The fraction of sp³-hybridized carbons (Fsp3) is 0.667.